The Morgan fingerprint density at radius 1 is 1.24 bits per heavy atom. The lowest BCUT2D eigenvalue weighted by Gasteiger charge is -2.21. The van der Waals surface area contributed by atoms with Crippen molar-refractivity contribution in [3.05, 3.63) is 40.0 Å². The van der Waals surface area contributed by atoms with E-state index in [9.17, 15) is 4.79 Å². The van der Waals surface area contributed by atoms with Crippen molar-refractivity contribution in [3.8, 4) is 11.3 Å². The van der Waals surface area contributed by atoms with E-state index in [2.05, 4.69) is 28.1 Å². The van der Waals surface area contributed by atoms with Crippen LogP contribution in [-0.2, 0) is 0 Å². The Kier molecular flexibility index (Phi) is 4.24. The smallest absolute Gasteiger partial charge is 0.153 e. The summed E-state index contributed by atoms with van der Waals surface area (Å²) in [5, 5.41) is 4.72. The van der Waals surface area contributed by atoms with Gasteiger partial charge in [0.15, 0.2) is 6.29 Å². The second-order valence-electron chi connectivity index (χ2n) is 5.84. The standard InChI is InChI=1S/C17H19BrN2O/c1-12-7-13(9-15(18)8-12)17-14(11-21)10-20(19-17)16-5-3-2-4-6-16/h7-11,16H,2-6H2,1H3. The van der Waals surface area contributed by atoms with Crippen molar-refractivity contribution in [2.75, 3.05) is 0 Å². The third-order valence-electron chi connectivity index (χ3n) is 4.15. The molecule has 1 saturated carbocycles. The SMILES string of the molecule is Cc1cc(Br)cc(-c2nn(C3CCCCC3)cc2C=O)c1. The van der Waals surface area contributed by atoms with E-state index >= 15 is 0 Å². The van der Waals surface area contributed by atoms with Gasteiger partial charge in [-0.3, -0.25) is 9.48 Å². The quantitative estimate of drug-likeness (QED) is 0.737. The van der Waals surface area contributed by atoms with Crippen molar-refractivity contribution in [1.29, 1.82) is 0 Å². The van der Waals surface area contributed by atoms with E-state index in [0.717, 1.165) is 40.4 Å². The zero-order chi connectivity index (χ0) is 14.8. The van der Waals surface area contributed by atoms with Crippen molar-refractivity contribution in [1.82, 2.24) is 9.78 Å². The molecule has 21 heavy (non-hydrogen) atoms. The molecule has 3 nitrogen and oxygen atoms in total. The first-order valence-electron chi connectivity index (χ1n) is 7.49. The zero-order valence-corrected chi connectivity index (χ0v) is 13.8. The number of carbonyl (C=O) groups excluding carboxylic acids is 1. The number of aldehydes is 1. The number of halogens is 1. The zero-order valence-electron chi connectivity index (χ0n) is 12.2. The van der Waals surface area contributed by atoms with E-state index in [1.54, 1.807) is 0 Å². The summed E-state index contributed by atoms with van der Waals surface area (Å²) in [5.74, 6) is 0. The fourth-order valence-corrected chi connectivity index (χ4v) is 3.73. The highest BCUT2D eigenvalue weighted by Crippen LogP contribution is 2.31. The van der Waals surface area contributed by atoms with Crippen molar-refractivity contribution in [3.63, 3.8) is 0 Å². The average Bonchev–Trinajstić information content (AvgIpc) is 2.91. The van der Waals surface area contributed by atoms with Crippen molar-refractivity contribution in [2.24, 2.45) is 0 Å². The molecule has 1 heterocycles. The molecule has 1 aliphatic carbocycles. The Morgan fingerprint density at radius 2 is 2.00 bits per heavy atom. The van der Waals surface area contributed by atoms with Crippen LogP contribution in [-0.4, -0.2) is 16.1 Å². The summed E-state index contributed by atoms with van der Waals surface area (Å²) in [5.41, 5.74) is 3.63. The van der Waals surface area contributed by atoms with Crippen LogP contribution in [0.4, 0.5) is 0 Å². The van der Waals surface area contributed by atoms with Gasteiger partial charge >= 0.3 is 0 Å². The highest BCUT2D eigenvalue weighted by atomic mass is 79.9. The molecule has 0 amide bonds. The van der Waals surface area contributed by atoms with Crippen LogP contribution in [0.25, 0.3) is 11.3 Å². The maximum atomic E-state index is 11.4. The predicted octanol–water partition coefficient (Wildman–Crippen LogP) is 4.94. The summed E-state index contributed by atoms with van der Waals surface area (Å²) >= 11 is 3.52. The molecule has 4 heteroatoms. The molecule has 0 atom stereocenters. The van der Waals surface area contributed by atoms with E-state index < -0.39 is 0 Å². The number of nitrogens with zero attached hydrogens (tertiary/aromatic N) is 2. The topological polar surface area (TPSA) is 34.9 Å². The van der Waals surface area contributed by atoms with Crippen LogP contribution < -0.4 is 0 Å². The fourth-order valence-electron chi connectivity index (χ4n) is 3.12. The average molecular weight is 347 g/mol. The second kappa shape index (κ2) is 6.14. The Bertz CT molecular complexity index is 637. The van der Waals surface area contributed by atoms with Crippen molar-refractivity contribution < 1.29 is 4.79 Å². The number of hydrogen-bond acceptors (Lipinski definition) is 2. The van der Waals surface area contributed by atoms with E-state index in [1.165, 1.54) is 19.3 Å². The Labute approximate surface area is 133 Å². The van der Waals surface area contributed by atoms with E-state index in [1.807, 2.05) is 23.9 Å². The fraction of sp³-hybridized carbons (Fsp3) is 0.412. The summed E-state index contributed by atoms with van der Waals surface area (Å²) in [4.78, 5) is 11.4. The number of aromatic nitrogens is 2. The largest absolute Gasteiger partial charge is 0.298 e. The molecule has 1 aromatic heterocycles. The van der Waals surface area contributed by atoms with Gasteiger partial charge in [0.25, 0.3) is 0 Å². The van der Waals surface area contributed by atoms with Gasteiger partial charge in [-0.2, -0.15) is 5.10 Å². The third-order valence-corrected chi connectivity index (χ3v) is 4.61. The maximum Gasteiger partial charge on any atom is 0.153 e. The molecule has 0 radical (unpaired) electrons. The highest BCUT2D eigenvalue weighted by Gasteiger charge is 2.19. The molecular weight excluding hydrogens is 328 g/mol. The van der Waals surface area contributed by atoms with Gasteiger partial charge in [-0.15, -0.1) is 0 Å². The van der Waals surface area contributed by atoms with E-state index in [4.69, 9.17) is 5.10 Å². The maximum absolute atomic E-state index is 11.4. The Hall–Kier alpha value is -1.42. The van der Waals surface area contributed by atoms with Crippen LogP contribution in [0.15, 0.2) is 28.9 Å². The van der Waals surface area contributed by atoms with Crippen LogP contribution in [0, 0.1) is 6.92 Å². The van der Waals surface area contributed by atoms with Crippen molar-refractivity contribution >= 4 is 22.2 Å². The lowest BCUT2D eigenvalue weighted by Crippen LogP contribution is -2.13. The molecule has 0 saturated heterocycles. The first-order valence-corrected chi connectivity index (χ1v) is 8.28. The first-order chi connectivity index (χ1) is 10.2. The summed E-state index contributed by atoms with van der Waals surface area (Å²) in [6, 6.07) is 6.60. The Balaban J connectivity index is 2.01. The Morgan fingerprint density at radius 3 is 2.67 bits per heavy atom. The van der Waals surface area contributed by atoms with Gasteiger partial charge in [0.1, 0.15) is 5.69 Å². The number of carbonyl (C=O) groups is 1. The summed E-state index contributed by atoms with van der Waals surface area (Å²) < 4.78 is 3.02. The van der Waals surface area contributed by atoms with Gasteiger partial charge in [0, 0.05) is 16.2 Å². The molecular formula is C17H19BrN2O. The number of hydrogen-bond donors (Lipinski definition) is 0. The van der Waals surface area contributed by atoms with Crippen LogP contribution in [0.1, 0.15) is 54.1 Å². The van der Waals surface area contributed by atoms with Gasteiger partial charge in [-0.1, -0.05) is 35.2 Å². The van der Waals surface area contributed by atoms with E-state index in [0.29, 0.717) is 11.6 Å². The normalized spacial score (nSPS) is 16.1. The number of aryl methyl sites for hydroxylation is 1. The second-order valence-corrected chi connectivity index (χ2v) is 6.76. The molecule has 110 valence electrons. The van der Waals surface area contributed by atoms with Gasteiger partial charge in [-0.05, 0) is 43.5 Å². The molecule has 3 rings (SSSR count). The molecule has 1 aromatic carbocycles. The minimum Gasteiger partial charge on any atom is -0.298 e. The highest BCUT2D eigenvalue weighted by molar-refractivity contribution is 9.10. The van der Waals surface area contributed by atoms with E-state index in [-0.39, 0.29) is 0 Å². The monoisotopic (exact) mass is 346 g/mol. The van der Waals surface area contributed by atoms with Crippen LogP contribution in [0.2, 0.25) is 0 Å². The number of benzene rings is 1. The van der Waals surface area contributed by atoms with Gasteiger partial charge in [0.2, 0.25) is 0 Å². The lowest BCUT2D eigenvalue weighted by molar-refractivity contribution is 0.112. The van der Waals surface area contributed by atoms with Crippen LogP contribution in [0.3, 0.4) is 0 Å². The molecule has 0 N–H and O–H groups in total. The molecule has 2 aromatic rings. The van der Waals surface area contributed by atoms with Crippen LogP contribution in [0.5, 0.6) is 0 Å². The van der Waals surface area contributed by atoms with Gasteiger partial charge in [-0.25, -0.2) is 0 Å². The molecule has 0 aliphatic heterocycles. The van der Waals surface area contributed by atoms with Gasteiger partial charge in [0.05, 0.1) is 11.6 Å². The molecule has 0 unspecified atom stereocenters. The summed E-state index contributed by atoms with van der Waals surface area (Å²) in [7, 11) is 0. The summed E-state index contributed by atoms with van der Waals surface area (Å²) in [6.45, 7) is 2.05. The molecule has 1 aliphatic rings. The van der Waals surface area contributed by atoms with Crippen LogP contribution >= 0.6 is 15.9 Å². The minimum atomic E-state index is 0.444. The van der Waals surface area contributed by atoms with Gasteiger partial charge < -0.3 is 0 Å². The number of rotatable bonds is 3. The summed E-state index contributed by atoms with van der Waals surface area (Å²) in [6.07, 6.45) is 8.98. The lowest BCUT2D eigenvalue weighted by atomic mass is 9.96. The molecule has 0 spiro atoms. The first kappa shape index (κ1) is 14.5. The third kappa shape index (κ3) is 3.10. The van der Waals surface area contributed by atoms with Crippen molar-refractivity contribution in [2.45, 2.75) is 45.1 Å². The molecule has 0 bridgehead atoms. The minimum absolute atomic E-state index is 0.444. The predicted molar refractivity (Wildman–Crippen MR) is 87.6 cm³/mol. The molecule has 1 fully saturated rings.